The Bertz CT molecular complexity index is 1280. The minimum absolute atomic E-state index is 0.0157. The molecule has 0 aromatic heterocycles. The number of hydrogen-bond acceptors (Lipinski definition) is 5. The van der Waals surface area contributed by atoms with E-state index in [9.17, 15) is 9.90 Å². The van der Waals surface area contributed by atoms with Crippen molar-refractivity contribution in [3.63, 3.8) is 0 Å². The summed E-state index contributed by atoms with van der Waals surface area (Å²) in [6.07, 6.45) is 7.26. The maximum Gasteiger partial charge on any atom is 0.217 e. The lowest BCUT2D eigenvalue weighted by Gasteiger charge is -2.39. The SMILES string of the molecule is C=CCN(CC1CC(c2ccc(CO)cc2)OC(c2ccc(-c3cccc(CNC(C)=O)c3)cc2)O1)C1CCCC1. The number of nitrogens with one attached hydrogen (secondary N) is 1. The molecule has 0 spiro atoms. The highest BCUT2D eigenvalue weighted by molar-refractivity contribution is 5.73. The highest BCUT2D eigenvalue weighted by atomic mass is 16.7. The second-order valence-electron chi connectivity index (χ2n) is 11.3. The molecule has 1 aliphatic heterocycles. The normalized spacial score (nSPS) is 21.2. The predicted octanol–water partition coefficient (Wildman–Crippen LogP) is 6.46. The molecule has 6 nitrogen and oxygen atoms in total. The van der Waals surface area contributed by atoms with Crippen molar-refractivity contribution in [3.05, 3.63) is 108 Å². The third kappa shape index (κ3) is 7.72. The molecule has 0 bridgehead atoms. The lowest BCUT2D eigenvalue weighted by Crippen LogP contribution is -2.43. The summed E-state index contributed by atoms with van der Waals surface area (Å²) in [6, 6.07) is 25.3. The smallest absolute Gasteiger partial charge is 0.217 e. The van der Waals surface area contributed by atoms with E-state index in [-0.39, 0.29) is 24.7 Å². The van der Waals surface area contributed by atoms with Gasteiger partial charge in [-0.3, -0.25) is 9.69 Å². The van der Waals surface area contributed by atoms with Crippen LogP contribution >= 0.6 is 0 Å². The highest BCUT2D eigenvalue weighted by Crippen LogP contribution is 2.39. The Morgan fingerprint density at radius 1 is 0.976 bits per heavy atom. The first-order chi connectivity index (χ1) is 20.0. The summed E-state index contributed by atoms with van der Waals surface area (Å²) in [5, 5.41) is 12.4. The average molecular weight is 555 g/mol. The fraction of sp³-hybridized carbons (Fsp3) is 0.400. The molecule has 1 saturated heterocycles. The van der Waals surface area contributed by atoms with Crippen molar-refractivity contribution >= 4 is 5.91 Å². The summed E-state index contributed by atoms with van der Waals surface area (Å²) in [5.41, 5.74) is 6.24. The van der Waals surface area contributed by atoms with Crippen LogP contribution in [0.25, 0.3) is 11.1 Å². The van der Waals surface area contributed by atoms with Crippen molar-refractivity contribution in [3.8, 4) is 11.1 Å². The number of amides is 1. The van der Waals surface area contributed by atoms with Gasteiger partial charge in [-0.15, -0.1) is 6.58 Å². The van der Waals surface area contributed by atoms with E-state index in [1.54, 1.807) is 0 Å². The summed E-state index contributed by atoms with van der Waals surface area (Å²) in [6.45, 7) is 7.80. The Balaban J connectivity index is 1.35. The van der Waals surface area contributed by atoms with Crippen LogP contribution in [0.4, 0.5) is 0 Å². The molecular weight excluding hydrogens is 512 g/mol. The maximum atomic E-state index is 11.3. The van der Waals surface area contributed by atoms with Crippen LogP contribution in [0, 0.1) is 0 Å². The minimum atomic E-state index is -0.481. The second-order valence-corrected chi connectivity index (χ2v) is 11.3. The Kier molecular flexibility index (Phi) is 10.0. The molecule has 216 valence electrons. The van der Waals surface area contributed by atoms with Crippen molar-refractivity contribution in [2.75, 3.05) is 13.1 Å². The number of rotatable bonds is 11. The maximum absolute atomic E-state index is 11.3. The van der Waals surface area contributed by atoms with E-state index in [2.05, 4.69) is 65.3 Å². The average Bonchev–Trinajstić information content (AvgIpc) is 3.55. The zero-order valence-corrected chi connectivity index (χ0v) is 24.0. The monoisotopic (exact) mass is 554 g/mol. The number of nitrogens with zero attached hydrogens (tertiary/aromatic N) is 1. The van der Waals surface area contributed by atoms with Crippen molar-refractivity contribution < 1.29 is 19.4 Å². The lowest BCUT2D eigenvalue weighted by molar-refractivity contribution is -0.253. The molecule has 6 heteroatoms. The highest BCUT2D eigenvalue weighted by Gasteiger charge is 2.34. The molecule has 2 aliphatic rings. The molecule has 1 aliphatic carbocycles. The number of benzene rings is 3. The fourth-order valence-electron chi connectivity index (χ4n) is 6.02. The van der Waals surface area contributed by atoms with Gasteiger partial charge < -0.3 is 19.9 Å². The van der Waals surface area contributed by atoms with Gasteiger partial charge in [0.25, 0.3) is 0 Å². The Morgan fingerprint density at radius 3 is 2.39 bits per heavy atom. The Labute approximate surface area is 244 Å². The van der Waals surface area contributed by atoms with E-state index < -0.39 is 6.29 Å². The first-order valence-corrected chi connectivity index (χ1v) is 14.8. The van der Waals surface area contributed by atoms with Crippen LogP contribution in [0.3, 0.4) is 0 Å². The predicted molar refractivity (Wildman–Crippen MR) is 162 cm³/mol. The summed E-state index contributed by atoms with van der Waals surface area (Å²) in [5.74, 6) is -0.0379. The van der Waals surface area contributed by atoms with Crippen molar-refractivity contribution in [1.29, 1.82) is 0 Å². The van der Waals surface area contributed by atoms with Crippen LogP contribution in [0.15, 0.2) is 85.5 Å². The zero-order chi connectivity index (χ0) is 28.6. The van der Waals surface area contributed by atoms with Gasteiger partial charge in [0, 0.05) is 44.6 Å². The third-order valence-corrected chi connectivity index (χ3v) is 8.24. The number of aliphatic hydroxyl groups is 1. The largest absolute Gasteiger partial charge is 0.392 e. The molecule has 2 N–H and O–H groups in total. The number of carbonyl (C=O) groups excluding carboxylic acids is 1. The molecule has 1 amide bonds. The molecule has 3 aromatic carbocycles. The molecule has 2 fully saturated rings. The Hall–Kier alpha value is -3.29. The van der Waals surface area contributed by atoms with E-state index in [1.807, 2.05) is 30.3 Å². The van der Waals surface area contributed by atoms with E-state index in [0.29, 0.717) is 12.6 Å². The number of hydrogen-bond donors (Lipinski definition) is 2. The van der Waals surface area contributed by atoms with Gasteiger partial charge in [0.05, 0.1) is 18.8 Å². The molecule has 1 heterocycles. The van der Waals surface area contributed by atoms with E-state index in [1.165, 1.54) is 32.6 Å². The van der Waals surface area contributed by atoms with Crippen molar-refractivity contribution in [2.24, 2.45) is 0 Å². The molecular formula is C35H42N2O4. The van der Waals surface area contributed by atoms with Crippen LogP contribution in [0.2, 0.25) is 0 Å². The molecule has 41 heavy (non-hydrogen) atoms. The van der Waals surface area contributed by atoms with E-state index in [0.717, 1.165) is 52.9 Å². The van der Waals surface area contributed by atoms with Gasteiger partial charge in [0.15, 0.2) is 6.29 Å². The van der Waals surface area contributed by atoms with Gasteiger partial charge >= 0.3 is 0 Å². The minimum Gasteiger partial charge on any atom is -0.392 e. The van der Waals surface area contributed by atoms with Gasteiger partial charge in [-0.2, -0.15) is 0 Å². The van der Waals surface area contributed by atoms with Gasteiger partial charge in [0.1, 0.15) is 0 Å². The van der Waals surface area contributed by atoms with Crippen LogP contribution in [0.5, 0.6) is 0 Å². The molecule has 1 saturated carbocycles. The van der Waals surface area contributed by atoms with Crippen LogP contribution in [0.1, 0.15) is 73.7 Å². The quantitative estimate of drug-likeness (QED) is 0.266. The van der Waals surface area contributed by atoms with Gasteiger partial charge in [-0.25, -0.2) is 0 Å². The van der Waals surface area contributed by atoms with Crippen LogP contribution in [-0.4, -0.2) is 41.1 Å². The summed E-state index contributed by atoms with van der Waals surface area (Å²) >= 11 is 0. The standard InChI is InChI=1S/C35H42N2O4/c1-3-19-37(32-9-4-5-10-32)23-33-21-34(29-13-11-26(24-38)12-14-29)41-35(40-33)30-17-15-28(16-18-30)31-8-6-7-27(20-31)22-36-25(2)39/h3,6-8,11-18,20,32-35,38H,1,4-5,9-10,19,21-24H2,2H3,(H,36,39). The van der Waals surface area contributed by atoms with Gasteiger partial charge in [-0.05, 0) is 46.7 Å². The summed E-state index contributed by atoms with van der Waals surface area (Å²) in [4.78, 5) is 13.9. The van der Waals surface area contributed by atoms with Crippen molar-refractivity contribution in [2.45, 2.75) is 76.7 Å². The first kappa shape index (κ1) is 29.2. The topological polar surface area (TPSA) is 71.0 Å². The number of aliphatic hydroxyl groups excluding tert-OH is 1. The van der Waals surface area contributed by atoms with Gasteiger partial charge in [-0.1, -0.05) is 85.6 Å². The molecule has 3 atom stereocenters. The van der Waals surface area contributed by atoms with Gasteiger partial charge in [0.2, 0.25) is 5.91 Å². The molecule has 3 aromatic rings. The van der Waals surface area contributed by atoms with Crippen molar-refractivity contribution in [1.82, 2.24) is 10.2 Å². The zero-order valence-electron chi connectivity index (χ0n) is 24.0. The molecule has 3 unspecified atom stereocenters. The number of carbonyl (C=O) groups is 1. The van der Waals surface area contributed by atoms with E-state index >= 15 is 0 Å². The second kappa shape index (κ2) is 14.1. The third-order valence-electron chi connectivity index (χ3n) is 8.24. The van der Waals surface area contributed by atoms with Crippen LogP contribution < -0.4 is 5.32 Å². The Morgan fingerprint density at radius 2 is 1.71 bits per heavy atom. The fourth-order valence-corrected chi connectivity index (χ4v) is 6.02. The molecule has 5 rings (SSSR count). The first-order valence-electron chi connectivity index (χ1n) is 14.8. The molecule has 0 radical (unpaired) electrons. The summed E-state index contributed by atoms with van der Waals surface area (Å²) in [7, 11) is 0. The summed E-state index contributed by atoms with van der Waals surface area (Å²) < 4.78 is 13.2. The van der Waals surface area contributed by atoms with E-state index in [4.69, 9.17) is 9.47 Å². The lowest BCUT2D eigenvalue weighted by atomic mass is 9.98. The van der Waals surface area contributed by atoms with Crippen LogP contribution in [-0.2, 0) is 27.4 Å². The number of ether oxygens (including phenoxy) is 2.